The molecule has 2 aromatic rings. The molecule has 0 aliphatic carbocycles. The lowest BCUT2D eigenvalue weighted by Gasteiger charge is -2.16. The van der Waals surface area contributed by atoms with Crippen molar-refractivity contribution in [1.82, 2.24) is 10.9 Å². The van der Waals surface area contributed by atoms with Gasteiger partial charge in [-0.1, -0.05) is 15.9 Å². The molecule has 1 unspecified atom stereocenters. The number of hydrogen-bond acceptors (Lipinski definition) is 5. The molecule has 1 fully saturated rings. The number of amides is 3. The van der Waals surface area contributed by atoms with Crippen LogP contribution in [0.25, 0.3) is 0 Å². The van der Waals surface area contributed by atoms with Crippen LogP contribution in [-0.2, 0) is 14.4 Å². The Morgan fingerprint density at radius 1 is 1.15 bits per heavy atom. The molecular formula is C18H15BrFN3O4. The van der Waals surface area contributed by atoms with Crippen molar-refractivity contribution < 1.29 is 23.5 Å². The number of hydrogen-bond donors (Lipinski definition) is 2. The van der Waals surface area contributed by atoms with Crippen molar-refractivity contribution in [3.63, 3.8) is 0 Å². The second-order valence-electron chi connectivity index (χ2n) is 5.74. The van der Waals surface area contributed by atoms with Crippen LogP contribution in [0.5, 0.6) is 5.75 Å². The van der Waals surface area contributed by atoms with Crippen LogP contribution in [0.15, 0.2) is 53.0 Å². The fraction of sp³-hybridized carbons (Fsp3) is 0.167. The number of ether oxygens (including phenoxy) is 1. The molecule has 1 aliphatic heterocycles. The highest BCUT2D eigenvalue weighted by molar-refractivity contribution is 9.10. The number of nitrogens with zero attached hydrogens (tertiary/aromatic N) is 1. The van der Waals surface area contributed by atoms with Gasteiger partial charge < -0.3 is 4.74 Å². The normalized spacial score (nSPS) is 16.5. The maximum absolute atomic E-state index is 12.8. The number of imide groups is 1. The van der Waals surface area contributed by atoms with Gasteiger partial charge in [0, 0.05) is 4.47 Å². The zero-order valence-corrected chi connectivity index (χ0v) is 15.5. The summed E-state index contributed by atoms with van der Waals surface area (Å²) in [6.45, 7) is -0.329. The van der Waals surface area contributed by atoms with Crippen molar-refractivity contribution in [1.29, 1.82) is 0 Å². The first-order valence-corrected chi connectivity index (χ1v) is 8.78. The summed E-state index contributed by atoms with van der Waals surface area (Å²) >= 11 is 3.29. The van der Waals surface area contributed by atoms with Gasteiger partial charge in [-0.15, -0.1) is 0 Å². The first-order valence-electron chi connectivity index (χ1n) is 7.99. The van der Waals surface area contributed by atoms with Gasteiger partial charge in [-0.05, 0) is 48.5 Å². The van der Waals surface area contributed by atoms with E-state index in [1.165, 1.54) is 24.3 Å². The van der Waals surface area contributed by atoms with Crippen molar-refractivity contribution in [3.8, 4) is 5.75 Å². The molecule has 1 heterocycles. The number of halogens is 2. The smallest absolute Gasteiger partial charge is 0.272 e. The van der Waals surface area contributed by atoms with E-state index in [0.29, 0.717) is 11.4 Å². The number of carbonyl (C=O) groups excluding carboxylic acids is 3. The van der Waals surface area contributed by atoms with Crippen LogP contribution < -0.4 is 20.5 Å². The monoisotopic (exact) mass is 435 g/mol. The quantitative estimate of drug-likeness (QED) is 0.534. The van der Waals surface area contributed by atoms with Crippen LogP contribution in [0, 0.1) is 5.82 Å². The minimum atomic E-state index is -0.865. The van der Waals surface area contributed by atoms with Gasteiger partial charge in [-0.3, -0.25) is 19.8 Å². The molecule has 0 saturated carbocycles. The van der Waals surface area contributed by atoms with Gasteiger partial charge in [-0.25, -0.2) is 14.7 Å². The molecule has 2 aromatic carbocycles. The molecule has 0 bridgehead atoms. The molecule has 27 heavy (non-hydrogen) atoms. The first-order chi connectivity index (χ1) is 12.9. The van der Waals surface area contributed by atoms with E-state index in [1.54, 1.807) is 24.3 Å². The van der Waals surface area contributed by atoms with Gasteiger partial charge in [0.25, 0.3) is 11.8 Å². The van der Waals surface area contributed by atoms with E-state index in [2.05, 4.69) is 26.8 Å². The number of nitrogens with one attached hydrogen (secondary N) is 2. The van der Waals surface area contributed by atoms with Crippen LogP contribution in [0.3, 0.4) is 0 Å². The third-order valence-corrected chi connectivity index (χ3v) is 4.33. The van der Waals surface area contributed by atoms with E-state index in [0.717, 1.165) is 9.37 Å². The Balaban J connectivity index is 1.51. The minimum absolute atomic E-state index is 0.0754. The summed E-state index contributed by atoms with van der Waals surface area (Å²) in [6, 6.07) is 11.1. The third kappa shape index (κ3) is 4.69. The molecule has 0 spiro atoms. The molecule has 1 atom stereocenters. The predicted octanol–water partition coefficient (Wildman–Crippen LogP) is 1.92. The molecule has 1 aliphatic rings. The molecule has 7 nitrogen and oxygen atoms in total. The van der Waals surface area contributed by atoms with E-state index in [1.807, 2.05) is 0 Å². The van der Waals surface area contributed by atoms with Gasteiger partial charge >= 0.3 is 0 Å². The summed E-state index contributed by atoms with van der Waals surface area (Å²) < 4.78 is 18.8. The highest BCUT2D eigenvalue weighted by atomic mass is 79.9. The van der Waals surface area contributed by atoms with Crippen molar-refractivity contribution in [2.24, 2.45) is 0 Å². The fourth-order valence-electron chi connectivity index (χ4n) is 2.49. The summed E-state index contributed by atoms with van der Waals surface area (Å²) in [5.74, 6) is -1.44. The van der Waals surface area contributed by atoms with Gasteiger partial charge in [0.2, 0.25) is 5.91 Å². The van der Waals surface area contributed by atoms with Crippen LogP contribution in [-0.4, -0.2) is 30.4 Å². The van der Waals surface area contributed by atoms with Crippen molar-refractivity contribution in [2.45, 2.75) is 12.5 Å². The number of anilines is 1. The van der Waals surface area contributed by atoms with E-state index in [9.17, 15) is 18.8 Å². The second-order valence-corrected chi connectivity index (χ2v) is 6.65. The van der Waals surface area contributed by atoms with Gasteiger partial charge in [0.15, 0.2) is 6.61 Å². The van der Waals surface area contributed by atoms with Crippen molar-refractivity contribution in [3.05, 3.63) is 58.8 Å². The highest BCUT2D eigenvalue weighted by Crippen LogP contribution is 2.24. The molecule has 2 N–H and O–H groups in total. The van der Waals surface area contributed by atoms with Gasteiger partial charge in [0.1, 0.15) is 17.6 Å². The number of carbonyl (C=O) groups is 3. The Hall–Kier alpha value is -2.78. The van der Waals surface area contributed by atoms with Crippen LogP contribution >= 0.6 is 15.9 Å². The van der Waals surface area contributed by atoms with E-state index in [4.69, 9.17) is 4.74 Å². The van der Waals surface area contributed by atoms with Crippen LogP contribution in [0.4, 0.5) is 10.1 Å². The topological polar surface area (TPSA) is 87.7 Å². The van der Waals surface area contributed by atoms with Crippen LogP contribution in [0.1, 0.15) is 6.42 Å². The Labute approximate surface area is 162 Å². The average Bonchev–Trinajstić information content (AvgIpc) is 2.94. The molecule has 0 aromatic heterocycles. The molecule has 0 radical (unpaired) electrons. The summed E-state index contributed by atoms with van der Waals surface area (Å²) in [5, 5.41) is 0. The average molecular weight is 436 g/mol. The highest BCUT2D eigenvalue weighted by Gasteiger charge is 2.39. The molecule has 1 saturated heterocycles. The minimum Gasteiger partial charge on any atom is -0.484 e. The van der Waals surface area contributed by atoms with Crippen LogP contribution in [0.2, 0.25) is 0 Å². The zero-order valence-electron chi connectivity index (χ0n) is 13.9. The molecule has 3 amide bonds. The Morgan fingerprint density at radius 2 is 1.81 bits per heavy atom. The zero-order chi connectivity index (χ0) is 19.4. The predicted molar refractivity (Wildman–Crippen MR) is 98.2 cm³/mol. The third-order valence-electron chi connectivity index (χ3n) is 3.80. The Morgan fingerprint density at radius 3 is 2.48 bits per heavy atom. The molecule has 3 rings (SSSR count). The first kappa shape index (κ1) is 19.0. The largest absolute Gasteiger partial charge is 0.484 e. The standard InChI is InChI=1S/C18H15BrFN3O4/c19-11-1-5-13(6-2-11)23-17(25)9-15(18(23)26)21-22-16(24)10-27-14-7-3-12(20)4-8-14/h1-8,15,21H,9-10H2,(H,22,24). The van der Waals surface area contributed by atoms with E-state index < -0.39 is 23.7 Å². The number of rotatable bonds is 6. The van der Waals surface area contributed by atoms with E-state index >= 15 is 0 Å². The van der Waals surface area contributed by atoms with Gasteiger partial charge in [0.05, 0.1) is 12.1 Å². The summed E-state index contributed by atoms with van der Waals surface area (Å²) in [7, 11) is 0. The molecule has 140 valence electrons. The Kier molecular flexibility index (Phi) is 5.82. The summed E-state index contributed by atoms with van der Waals surface area (Å²) in [4.78, 5) is 37.5. The Bertz CT molecular complexity index is 858. The maximum Gasteiger partial charge on any atom is 0.272 e. The fourth-order valence-corrected chi connectivity index (χ4v) is 2.75. The lowest BCUT2D eigenvalue weighted by Crippen LogP contribution is -2.49. The van der Waals surface area contributed by atoms with Crippen molar-refractivity contribution in [2.75, 3.05) is 11.5 Å². The summed E-state index contributed by atoms with van der Waals surface area (Å²) in [6.07, 6.45) is -0.0754. The summed E-state index contributed by atoms with van der Waals surface area (Å²) in [5.41, 5.74) is 5.36. The molecule has 9 heteroatoms. The lowest BCUT2D eigenvalue weighted by molar-refractivity contribution is -0.125. The van der Waals surface area contributed by atoms with Gasteiger partial charge in [-0.2, -0.15) is 0 Å². The maximum atomic E-state index is 12.8. The molecular weight excluding hydrogens is 421 g/mol. The number of hydrazine groups is 1. The SMILES string of the molecule is O=C(COc1ccc(F)cc1)NNC1CC(=O)N(c2ccc(Br)cc2)C1=O. The van der Waals surface area contributed by atoms with Crippen molar-refractivity contribution >= 4 is 39.3 Å². The lowest BCUT2D eigenvalue weighted by atomic mass is 10.2. The second kappa shape index (κ2) is 8.28. The van der Waals surface area contributed by atoms with E-state index in [-0.39, 0.29) is 18.9 Å². The number of benzene rings is 2.